The largest absolute Gasteiger partial charge is 0.378 e. The van der Waals surface area contributed by atoms with Crippen LogP contribution in [0.3, 0.4) is 0 Å². The normalized spacial score (nSPS) is 17.7. The minimum absolute atomic E-state index is 0.357. The number of anilines is 3. The first-order chi connectivity index (χ1) is 17.3. The molecule has 2 aliphatic rings. The van der Waals surface area contributed by atoms with Gasteiger partial charge in [-0.3, -0.25) is 4.90 Å². The first kappa shape index (κ1) is 22.0. The highest BCUT2D eigenvalue weighted by Crippen LogP contribution is 2.27. The maximum atomic E-state index is 5.46. The smallest absolute Gasteiger partial charge is 0.229 e. The van der Waals surface area contributed by atoms with Crippen LogP contribution < -0.4 is 10.2 Å². The molecule has 8 nitrogen and oxygen atoms in total. The van der Waals surface area contributed by atoms with E-state index >= 15 is 0 Å². The van der Waals surface area contributed by atoms with Crippen LogP contribution in [0.15, 0.2) is 67.0 Å². The Balaban J connectivity index is 1.12. The fourth-order valence-corrected chi connectivity index (χ4v) is 5.03. The van der Waals surface area contributed by atoms with Crippen LogP contribution in [0.5, 0.6) is 0 Å². The molecule has 0 radical (unpaired) electrons. The van der Waals surface area contributed by atoms with Crippen LogP contribution in [0.4, 0.5) is 17.3 Å². The molecule has 0 unspecified atom stereocenters. The van der Waals surface area contributed by atoms with Crippen LogP contribution in [0.1, 0.15) is 24.4 Å². The number of morpholine rings is 1. The summed E-state index contributed by atoms with van der Waals surface area (Å²) in [7, 11) is 0. The SMILES string of the molecule is c1ccc(CN2CCC(n3ncc4cnc(Nc5ccc(N6CCOCC6)cc5)nc43)CC2)cc1. The molecule has 2 aromatic carbocycles. The molecule has 180 valence electrons. The zero-order valence-electron chi connectivity index (χ0n) is 19.9. The van der Waals surface area contributed by atoms with Gasteiger partial charge in [0.05, 0.1) is 30.8 Å². The third-order valence-corrected chi connectivity index (χ3v) is 6.99. The van der Waals surface area contributed by atoms with Gasteiger partial charge in [0.1, 0.15) is 0 Å². The average Bonchev–Trinajstić information content (AvgIpc) is 3.34. The molecule has 2 aromatic heterocycles. The Kier molecular flexibility index (Phi) is 6.30. The van der Waals surface area contributed by atoms with E-state index in [0.29, 0.717) is 12.0 Å². The van der Waals surface area contributed by atoms with Crippen LogP contribution in [0.25, 0.3) is 11.0 Å². The predicted octanol–water partition coefficient (Wildman–Crippen LogP) is 4.24. The van der Waals surface area contributed by atoms with Crippen molar-refractivity contribution in [1.82, 2.24) is 24.6 Å². The van der Waals surface area contributed by atoms with Gasteiger partial charge >= 0.3 is 0 Å². The van der Waals surface area contributed by atoms with Crippen LogP contribution >= 0.6 is 0 Å². The summed E-state index contributed by atoms with van der Waals surface area (Å²) in [5, 5.41) is 9.03. The van der Waals surface area contributed by atoms with E-state index in [0.717, 1.165) is 75.5 Å². The van der Waals surface area contributed by atoms with Crippen LogP contribution in [-0.4, -0.2) is 64.0 Å². The van der Waals surface area contributed by atoms with Gasteiger partial charge in [0, 0.05) is 50.3 Å². The second-order valence-electron chi connectivity index (χ2n) is 9.33. The number of aromatic nitrogens is 4. The summed E-state index contributed by atoms with van der Waals surface area (Å²) >= 11 is 0. The lowest BCUT2D eigenvalue weighted by Gasteiger charge is -2.32. The molecule has 4 aromatic rings. The lowest BCUT2D eigenvalue weighted by Crippen LogP contribution is -2.36. The van der Waals surface area contributed by atoms with Crippen LogP contribution in [-0.2, 0) is 11.3 Å². The highest BCUT2D eigenvalue weighted by molar-refractivity contribution is 5.75. The average molecular weight is 470 g/mol. The molecule has 2 aliphatic heterocycles. The number of fused-ring (bicyclic) bond motifs is 1. The highest BCUT2D eigenvalue weighted by atomic mass is 16.5. The zero-order valence-corrected chi connectivity index (χ0v) is 19.9. The third kappa shape index (κ3) is 4.99. The Labute approximate surface area is 205 Å². The predicted molar refractivity (Wildman–Crippen MR) is 138 cm³/mol. The van der Waals surface area contributed by atoms with E-state index in [1.807, 2.05) is 12.4 Å². The second kappa shape index (κ2) is 10.0. The molecule has 0 spiro atoms. The molecule has 8 heteroatoms. The first-order valence-electron chi connectivity index (χ1n) is 12.5. The number of ether oxygens (including phenoxy) is 1. The lowest BCUT2D eigenvalue weighted by molar-refractivity contribution is 0.122. The van der Waals surface area contributed by atoms with Crippen molar-refractivity contribution in [1.29, 1.82) is 0 Å². The van der Waals surface area contributed by atoms with Gasteiger partial charge in [0.25, 0.3) is 0 Å². The number of likely N-dealkylation sites (tertiary alicyclic amines) is 1. The third-order valence-electron chi connectivity index (χ3n) is 6.99. The van der Waals surface area contributed by atoms with E-state index in [1.54, 1.807) is 0 Å². The number of nitrogens with one attached hydrogen (secondary N) is 1. The van der Waals surface area contributed by atoms with E-state index in [2.05, 4.69) is 79.4 Å². The molecular formula is C27H31N7O. The van der Waals surface area contributed by atoms with Gasteiger partial charge in [0.2, 0.25) is 5.95 Å². The van der Waals surface area contributed by atoms with Gasteiger partial charge in [-0.05, 0) is 42.7 Å². The quantitative estimate of drug-likeness (QED) is 0.453. The Bertz CT molecular complexity index is 1240. The van der Waals surface area contributed by atoms with Crippen molar-refractivity contribution in [3.05, 3.63) is 72.6 Å². The Morgan fingerprint density at radius 1 is 0.886 bits per heavy atom. The molecule has 1 N–H and O–H groups in total. The molecule has 2 saturated heterocycles. The molecule has 0 saturated carbocycles. The van der Waals surface area contributed by atoms with Gasteiger partial charge in [-0.2, -0.15) is 10.1 Å². The highest BCUT2D eigenvalue weighted by Gasteiger charge is 2.23. The number of benzene rings is 2. The van der Waals surface area contributed by atoms with E-state index in [4.69, 9.17) is 14.8 Å². The van der Waals surface area contributed by atoms with Crippen molar-refractivity contribution in [2.45, 2.75) is 25.4 Å². The Morgan fingerprint density at radius 3 is 2.43 bits per heavy atom. The summed E-state index contributed by atoms with van der Waals surface area (Å²) in [5.74, 6) is 0.597. The van der Waals surface area contributed by atoms with Gasteiger partial charge in [-0.1, -0.05) is 30.3 Å². The molecule has 0 aliphatic carbocycles. The number of piperidine rings is 1. The molecule has 0 atom stereocenters. The Hall–Kier alpha value is -3.49. The van der Waals surface area contributed by atoms with Gasteiger partial charge in [0.15, 0.2) is 5.65 Å². The van der Waals surface area contributed by atoms with Crippen molar-refractivity contribution in [2.75, 3.05) is 49.6 Å². The lowest BCUT2D eigenvalue weighted by atomic mass is 10.0. The molecule has 2 fully saturated rings. The molecule has 0 amide bonds. The summed E-state index contributed by atoms with van der Waals surface area (Å²) in [4.78, 5) is 14.2. The maximum Gasteiger partial charge on any atom is 0.229 e. The van der Waals surface area contributed by atoms with Crippen molar-refractivity contribution in [3.63, 3.8) is 0 Å². The van der Waals surface area contributed by atoms with Crippen LogP contribution in [0.2, 0.25) is 0 Å². The summed E-state index contributed by atoms with van der Waals surface area (Å²) in [6.45, 7) is 6.57. The van der Waals surface area contributed by atoms with Crippen molar-refractivity contribution in [3.8, 4) is 0 Å². The Morgan fingerprint density at radius 2 is 1.66 bits per heavy atom. The minimum Gasteiger partial charge on any atom is -0.378 e. The number of nitrogens with zero attached hydrogens (tertiary/aromatic N) is 6. The number of rotatable bonds is 6. The van der Waals surface area contributed by atoms with Crippen LogP contribution in [0, 0.1) is 0 Å². The standard InChI is InChI=1S/C27H31N7O/c1-2-4-21(5-3-1)20-32-12-10-25(11-13-32)34-26-22(19-29-34)18-28-27(31-26)30-23-6-8-24(9-7-23)33-14-16-35-17-15-33/h1-9,18-19,25H,10-17,20H2,(H,28,30,31). The number of hydrogen-bond acceptors (Lipinski definition) is 7. The zero-order chi connectivity index (χ0) is 23.5. The van der Waals surface area contributed by atoms with Crippen molar-refractivity contribution >= 4 is 28.4 Å². The summed E-state index contributed by atoms with van der Waals surface area (Å²) < 4.78 is 7.56. The monoisotopic (exact) mass is 469 g/mol. The topological polar surface area (TPSA) is 71.3 Å². The molecule has 0 bridgehead atoms. The molecule has 4 heterocycles. The summed E-state index contributed by atoms with van der Waals surface area (Å²) in [5.41, 5.74) is 4.46. The van der Waals surface area contributed by atoms with E-state index in [-0.39, 0.29) is 0 Å². The molecular weight excluding hydrogens is 438 g/mol. The summed E-state index contributed by atoms with van der Waals surface area (Å²) in [6, 6.07) is 19.5. The van der Waals surface area contributed by atoms with Gasteiger partial charge in [-0.25, -0.2) is 9.67 Å². The number of hydrogen-bond donors (Lipinski definition) is 1. The second-order valence-corrected chi connectivity index (χ2v) is 9.33. The van der Waals surface area contributed by atoms with Gasteiger partial charge in [-0.15, -0.1) is 0 Å². The fourth-order valence-electron chi connectivity index (χ4n) is 5.03. The first-order valence-corrected chi connectivity index (χ1v) is 12.5. The minimum atomic E-state index is 0.357. The van der Waals surface area contributed by atoms with E-state index in [1.165, 1.54) is 11.3 Å². The molecule has 6 rings (SSSR count). The maximum absolute atomic E-state index is 5.46. The summed E-state index contributed by atoms with van der Waals surface area (Å²) in [6.07, 6.45) is 5.88. The van der Waals surface area contributed by atoms with Gasteiger partial charge < -0.3 is 15.0 Å². The molecule has 35 heavy (non-hydrogen) atoms. The van der Waals surface area contributed by atoms with Crippen molar-refractivity contribution in [2.24, 2.45) is 0 Å². The van der Waals surface area contributed by atoms with Crippen molar-refractivity contribution < 1.29 is 4.74 Å². The van der Waals surface area contributed by atoms with E-state index in [9.17, 15) is 0 Å². The van der Waals surface area contributed by atoms with E-state index < -0.39 is 0 Å². The fraction of sp³-hybridized carbons (Fsp3) is 0.370.